The number of carbonyl (C=O) groups excluding carboxylic acids is 1. The topological polar surface area (TPSA) is 26.3 Å². The van der Waals surface area contributed by atoms with Gasteiger partial charge in [0.1, 0.15) is 5.75 Å². The third-order valence-electron chi connectivity index (χ3n) is 2.29. The molecule has 1 aromatic rings. The quantitative estimate of drug-likeness (QED) is 0.710. The maximum atomic E-state index is 11.8. The van der Waals surface area contributed by atoms with E-state index in [1.807, 2.05) is 18.2 Å². The number of carbonyl (C=O) groups is 1. The molecule has 1 aromatic carbocycles. The van der Waals surface area contributed by atoms with Crippen LogP contribution < -0.4 is 4.74 Å². The zero-order valence-electron chi connectivity index (χ0n) is 8.08. The molecule has 0 fully saturated rings. The Hall–Kier alpha value is -0.960. The predicted octanol–water partition coefficient (Wildman–Crippen LogP) is 2.76. The molecule has 1 aliphatic heterocycles. The standard InChI is InChI=1S/C11H12O2S/c1-13-9-5-2-6-10-11(9)8(12)4-3-7-14-10/h2,5-6H,3-4,7H2,1H3. The Balaban J connectivity index is 2.53. The van der Waals surface area contributed by atoms with E-state index in [-0.39, 0.29) is 5.78 Å². The molecule has 2 nitrogen and oxygen atoms in total. The van der Waals surface area contributed by atoms with Crippen LogP contribution in [0.1, 0.15) is 23.2 Å². The zero-order valence-corrected chi connectivity index (χ0v) is 8.89. The highest BCUT2D eigenvalue weighted by atomic mass is 32.2. The van der Waals surface area contributed by atoms with Gasteiger partial charge in [-0.1, -0.05) is 6.07 Å². The van der Waals surface area contributed by atoms with Crippen molar-refractivity contribution < 1.29 is 9.53 Å². The number of fused-ring (bicyclic) bond motifs is 1. The highest BCUT2D eigenvalue weighted by Crippen LogP contribution is 2.34. The summed E-state index contributed by atoms with van der Waals surface area (Å²) in [5.41, 5.74) is 0.775. The molecule has 0 unspecified atom stereocenters. The van der Waals surface area contributed by atoms with Gasteiger partial charge in [-0.3, -0.25) is 4.79 Å². The van der Waals surface area contributed by atoms with Gasteiger partial charge >= 0.3 is 0 Å². The lowest BCUT2D eigenvalue weighted by atomic mass is 10.1. The zero-order chi connectivity index (χ0) is 9.97. The number of rotatable bonds is 1. The summed E-state index contributed by atoms with van der Waals surface area (Å²) in [6.45, 7) is 0. The summed E-state index contributed by atoms with van der Waals surface area (Å²) in [7, 11) is 1.61. The van der Waals surface area contributed by atoms with Crippen molar-refractivity contribution >= 4 is 17.5 Å². The normalized spacial score (nSPS) is 15.9. The summed E-state index contributed by atoms with van der Waals surface area (Å²) in [6, 6.07) is 5.78. The Morgan fingerprint density at radius 2 is 2.29 bits per heavy atom. The van der Waals surface area contributed by atoms with Crippen molar-refractivity contribution in [3.63, 3.8) is 0 Å². The highest BCUT2D eigenvalue weighted by molar-refractivity contribution is 7.99. The number of ether oxygens (including phenoxy) is 1. The molecule has 0 N–H and O–H groups in total. The van der Waals surface area contributed by atoms with E-state index in [9.17, 15) is 4.79 Å². The van der Waals surface area contributed by atoms with Crippen molar-refractivity contribution in [3.8, 4) is 5.75 Å². The minimum atomic E-state index is 0.211. The smallest absolute Gasteiger partial charge is 0.167 e. The second-order valence-electron chi connectivity index (χ2n) is 3.21. The van der Waals surface area contributed by atoms with E-state index in [0.717, 1.165) is 22.6 Å². The molecule has 74 valence electrons. The van der Waals surface area contributed by atoms with Gasteiger partial charge in [0, 0.05) is 11.3 Å². The van der Waals surface area contributed by atoms with Crippen LogP contribution in [0, 0.1) is 0 Å². The van der Waals surface area contributed by atoms with Crippen LogP contribution in [0.4, 0.5) is 0 Å². The summed E-state index contributed by atoms with van der Waals surface area (Å²) in [5, 5.41) is 0. The number of hydrogen-bond acceptors (Lipinski definition) is 3. The van der Waals surface area contributed by atoms with Crippen molar-refractivity contribution in [1.29, 1.82) is 0 Å². The van der Waals surface area contributed by atoms with Crippen molar-refractivity contribution in [2.45, 2.75) is 17.7 Å². The third-order valence-corrected chi connectivity index (χ3v) is 3.44. The van der Waals surface area contributed by atoms with Gasteiger partial charge in [-0.15, -0.1) is 11.8 Å². The Morgan fingerprint density at radius 3 is 3.07 bits per heavy atom. The lowest BCUT2D eigenvalue weighted by Crippen LogP contribution is -2.01. The van der Waals surface area contributed by atoms with Crippen molar-refractivity contribution in [3.05, 3.63) is 23.8 Å². The number of ketones is 1. The lowest BCUT2D eigenvalue weighted by Gasteiger charge is -2.08. The van der Waals surface area contributed by atoms with Crippen LogP contribution in [0.25, 0.3) is 0 Å². The second-order valence-corrected chi connectivity index (χ2v) is 4.35. The fourth-order valence-electron chi connectivity index (χ4n) is 1.62. The summed E-state index contributed by atoms with van der Waals surface area (Å²) in [5.74, 6) is 1.94. The fourth-order valence-corrected chi connectivity index (χ4v) is 2.66. The average molecular weight is 208 g/mol. The Morgan fingerprint density at radius 1 is 1.43 bits per heavy atom. The molecular formula is C11H12O2S. The van der Waals surface area contributed by atoms with E-state index in [2.05, 4.69) is 0 Å². The number of benzene rings is 1. The summed E-state index contributed by atoms with van der Waals surface area (Å²) >= 11 is 1.74. The van der Waals surface area contributed by atoms with E-state index in [1.54, 1.807) is 18.9 Å². The van der Waals surface area contributed by atoms with Crippen LogP contribution >= 0.6 is 11.8 Å². The summed E-state index contributed by atoms with van der Waals surface area (Å²) in [4.78, 5) is 12.9. The molecule has 0 spiro atoms. The Bertz CT molecular complexity index is 360. The molecule has 1 heterocycles. The Kier molecular flexibility index (Phi) is 2.77. The number of thioether (sulfide) groups is 1. The van der Waals surface area contributed by atoms with Crippen LogP contribution in [0.2, 0.25) is 0 Å². The number of hydrogen-bond donors (Lipinski definition) is 0. The van der Waals surface area contributed by atoms with Crippen molar-refractivity contribution in [2.24, 2.45) is 0 Å². The molecule has 0 amide bonds. The van der Waals surface area contributed by atoms with Crippen LogP contribution in [0.15, 0.2) is 23.1 Å². The molecule has 0 aliphatic carbocycles. The minimum Gasteiger partial charge on any atom is -0.496 e. The molecule has 2 rings (SSSR count). The maximum absolute atomic E-state index is 11.8. The molecule has 0 saturated heterocycles. The van der Waals surface area contributed by atoms with Crippen molar-refractivity contribution in [2.75, 3.05) is 12.9 Å². The van der Waals surface area contributed by atoms with Gasteiger partial charge in [-0.25, -0.2) is 0 Å². The average Bonchev–Trinajstić information content (AvgIpc) is 2.40. The van der Waals surface area contributed by atoms with Gasteiger partial charge in [0.15, 0.2) is 5.78 Å². The lowest BCUT2D eigenvalue weighted by molar-refractivity contribution is 0.0977. The summed E-state index contributed by atoms with van der Waals surface area (Å²) < 4.78 is 5.20. The Labute approximate surface area is 87.6 Å². The molecule has 0 aromatic heterocycles. The first kappa shape index (κ1) is 9.59. The number of methoxy groups -OCH3 is 1. The first-order chi connectivity index (χ1) is 6.83. The molecule has 0 bridgehead atoms. The molecular weight excluding hydrogens is 196 g/mol. The maximum Gasteiger partial charge on any atom is 0.167 e. The van der Waals surface area contributed by atoms with E-state index in [4.69, 9.17) is 4.74 Å². The van der Waals surface area contributed by atoms with Crippen LogP contribution in [-0.4, -0.2) is 18.6 Å². The predicted molar refractivity (Wildman–Crippen MR) is 57.3 cm³/mol. The van der Waals surface area contributed by atoms with Crippen molar-refractivity contribution in [1.82, 2.24) is 0 Å². The second kappa shape index (κ2) is 4.05. The van der Waals surface area contributed by atoms with Gasteiger partial charge < -0.3 is 4.74 Å². The molecule has 0 atom stereocenters. The molecule has 1 aliphatic rings. The third kappa shape index (κ3) is 1.64. The molecule has 14 heavy (non-hydrogen) atoms. The van der Waals surface area contributed by atoms with E-state index >= 15 is 0 Å². The minimum absolute atomic E-state index is 0.211. The monoisotopic (exact) mass is 208 g/mol. The molecule has 3 heteroatoms. The number of Topliss-reactive ketones (excluding diaryl/α,β-unsaturated/α-hetero) is 1. The van der Waals surface area contributed by atoms with Gasteiger partial charge in [0.25, 0.3) is 0 Å². The van der Waals surface area contributed by atoms with Crippen LogP contribution in [0.3, 0.4) is 0 Å². The highest BCUT2D eigenvalue weighted by Gasteiger charge is 2.19. The first-order valence-electron chi connectivity index (χ1n) is 4.66. The van der Waals surface area contributed by atoms with E-state index < -0.39 is 0 Å². The van der Waals surface area contributed by atoms with Gasteiger partial charge in [-0.05, 0) is 24.3 Å². The first-order valence-corrected chi connectivity index (χ1v) is 5.64. The van der Waals surface area contributed by atoms with Gasteiger partial charge in [0.2, 0.25) is 0 Å². The fraction of sp³-hybridized carbons (Fsp3) is 0.364. The van der Waals surface area contributed by atoms with E-state index in [1.165, 1.54) is 0 Å². The SMILES string of the molecule is COc1cccc2c1C(=O)CCCS2. The molecule has 0 radical (unpaired) electrons. The van der Waals surface area contributed by atoms with Crippen LogP contribution in [-0.2, 0) is 0 Å². The van der Waals surface area contributed by atoms with E-state index in [0.29, 0.717) is 12.2 Å². The largest absolute Gasteiger partial charge is 0.496 e. The van der Waals surface area contributed by atoms with Gasteiger partial charge in [0.05, 0.1) is 12.7 Å². The van der Waals surface area contributed by atoms with Gasteiger partial charge in [-0.2, -0.15) is 0 Å². The summed E-state index contributed by atoms with van der Waals surface area (Å²) in [6.07, 6.45) is 1.60. The van der Waals surface area contributed by atoms with Crippen LogP contribution in [0.5, 0.6) is 5.75 Å². The molecule has 0 saturated carbocycles.